The SMILES string of the molecule is C#CC(C)(C)CC(C)(C)N(CC(C)(C)C(F)(F)F)C(C)(C)CC(C)(C)C(F)(F)F. The molecule has 0 N–H and O–H groups in total. The van der Waals surface area contributed by atoms with Gasteiger partial charge in [0.15, 0.2) is 0 Å². The predicted octanol–water partition coefficient (Wildman–Crippen LogP) is 7.46. The normalized spacial score (nSPS) is 15.6. The molecule has 0 bridgehead atoms. The number of halogens is 6. The van der Waals surface area contributed by atoms with Crippen LogP contribution in [0.15, 0.2) is 0 Å². The Labute approximate surface area is 172 Å². The topological polar surface area (TPSA) is 3.24 Å². The van der Waals surface area contributed by atoms with Crippen molar-refractivity contribution in [1.82, 2.24) is 4.90 Å². The molecule has 0 spiro atoms. The monoisotopic (exact) mass is 429 g/mol. The molecule has 0 fully saturated rings. The Hall–Kier alpha value is -0.900. The van der Waals surface area contributed by atoms with Crippen LogP contribution in [-0.4, -0.2) is 34.9 Å². The van der Waals surface area contributed by atoms with Gasteiger partial charge in [-0.3, -0.25) is 4.90 Å². The summed E-state index contributed by atoms with van der Waals surface area (Å²) in [5.74, 6) is 2.64. The molecule has 0 saturated carbocycles. The molecule has 29 heavy (non-hydrogen) atoms. The Morgan fingerprint density at radius 3 is 1.28 bits per heavy atom. The zero-order valence-electron chi connectivity index (χ0n) is 19.4. The van der Waals surface area contributed by atoms with Crippen LogP contribution in [-0.2, 0) is 0 Å². The van der Waals surface area contributed by atoms with Crippen molar-refractivity contribution in [2.45, 2.75) is 106 Å². The van der Waals surface area contributed by atoms with Gasteiger partial charge in [0, 0.05) is 23.0 Å². The summed E-state index contributed by atoms with van der Waals surface area (Å²) in [5.41, 5.74) is -6.84. The molecule has 0 aliphatic carbocycles. The Morgan fingerprint density at radius 2 is 0.966 bits per heavy atom. The van der Waals surface area contributed by atoms with E-state index in [-0.39, 0.29) is 6.42 Å². The zero-order valence-corrected chi connectivity index (χ0v) is 19.4. The van der Waals surface area contributed by atoms with Crippen molar-refractivity contribution in [3.63, 3.8) is 0 Å². The second-order valence-electron chi connectivity index (χ2n) is 11.4. The van der Waals surface area contributed by atoms with Gasteiger partial charge >= 0.3 is 12.4 Å². The van der Waals surface area contributed by atoms with Crippen molar-refractivity contribution in [2.24, 2.45) is 16.2 Å². The molecule has 0 radical (unpaired) electrons. The van der Waals surface area contributed by atoms with Crippen LogP contribution in [0.2, 0.25) is 0 Å². The van der Waals surface area contributed by atoms with Gasteiger partial charge < -0.3 is 0 Å². The van der Waals surface area contributed by atoms with E-state index in [1.807, 2.05) is 0 Å². The second-order valence-corrected chi connectivity index (χ2v) is 11.4. The number of alkyl halides is 6. The molecule has 0 aliphatic heterocycles. The quantitative estimate of drug-likeness (QED) is 0.286. The Bertz CT molecular complexity index is 600. The highest BCUT2D eigenvalue weighted by atomic mass is 19.4. The van der Waals surface area contributed by atoms with Crippen molar-refractivity contribution < 1.29 is 26.3 Å². The van der Waals surface area contributed by atoms with Crippen molar-refractivity contribution in [3.8, 4) is 12.3 Å². The van der Waals surface area contributed by atoms with Crippen LogP contribution >= 0.6 is 0 Å². The highest BCUT2D eigenvalue weighted by molar-refractivity contribution is 5.07. The number of hydrogen-bond donors (Lipinski definition) is 0. The van der Waals surface area contributed by atoms with Crippen LogP contribution in [0.5, 0.6) is 0 Å². The molecular formula is C22H37F6N. The third kappa shape index (κ3) is 7.08. The Morgan fingerprint density at radius 1 is 0.621 bits per heavy atom. The van der Waals surface area contributed by atoms with Gasteiger partial charge in [0.25, 0.3) is 0 Å². The van der Waals surface area contributed by atoms with Crippen molar-refractivity contribution in [1.29, 1.82) is 0 Å². The lowest BCUT2D eigenvalue weighted by Gasteiger charge is -2.55. The van der Waals surface area contributed by atoms with Gasteiger partial charge in [0.2, 0.25) is 0 Å². The zero-order chi connectivity index (χ0) is 23.9. The number of rotatable bonds is 8. The third-order valence-corrected chi connectivity index (χ3v) is 5.69. The highest BCUT2D eigenvalue weighted by Gasteiger charge is 2.55. The van der Waals surface area contributed by atoms with Crippen LogP contribution in [0, 0.1) is 28.6 Å². The molecule has 0 saturated heterocycles. The lowest BCUT2D eigenvalue weighted by atomic mass is 9.73. The second kappa shape index (κ2) is 7.98. The summed E-state index contributed by atoms with van der Waals surface area (Å²) >= 11 is 0. The summed E-state index contributed by atoms with van der Waals surface area (Å²) in [5, 5.41) is 0. The van der Waals surface area contributed by atoms with Gasteiger partial charge in [-0.25, -0.2) is 0 Å². The van der Waals surface area contributed by atoms with Crippen LogP contribution in [0.4, 0.5) is 26.3 Å². The number of hydrogen-bond acceptors (Lipinski definition) is 1. The molecule has 172 valence electrons. The molecular weight excluding hydrogens is 392 g/mol. The fourth-order valence-corrected chi connectivity index (χ4v) is 4.24. The minimum Gasteiger partial charge on any atom is -0.292 e. The number of nitrogens with zero attached hydrogens (tertiary/aromatic N) is 1. The van der Waals surface area contributed by atoms with Crippen LogP contribution < -0.4 is 0 Å². The first-order valence-electron chi connectivity index (χ1n) is 9.70. The molecule has 7 heteroatoms. The number of terminal acetylenes is 1. The first kappa shape index (κ1) is 28.1. The van der Waals surface area contributed by atoms with Crippen LogP contribution in [0.25, 0.3) is 0 Å². The maximum Gasteiger partial charge on any atom is 0.395 e. The fourth-order valence-electron chi connectivity index (χ4n) is 4.24. The molecule has 0 amide bonds. The molecule has 0 heterocycles. The summed E-state index contributed by atoms with van der Waals surface area (Å²) in [4.78, 5) is 1.57. The Kier molecular flexibility index (Phi) is 7.73. The lowest BCUT2D eigenvalue weighted by Crippen LogP contribution is -2.62. The van der Waals surface area contributed by atoms with Crippen LogP contribution in [0.1, 0.15) is 82.1 Å². The summed E-state index contributed by atoms with van der Waals surface area (Å²) in [6, 6.07) is 0. The first-order valence-corrected chi connectivity index (χ1v) is 9.70. The van der Waals surface area contributed by atoms with Crippen molar-refractivity contribution in [3.05, 3.63) is 0 Å². The van der Waals surface area contributed by atoms with E-state index in [1.54, 1.807) is 46.4 Å². The van der Waals surface area contributed by atoms with Gasteiger partial charge in [0.05, 0.1) is 10.8 Å². The smallest absolute Gasteiger partial charge is 0.292 e. The maximum absolute atomic E-state index is 13.7. The summed E-state index contributed by atoms with van der Waals surface area (Å²) < 4.78 is 81.6. The third-order valence-electron chi connectivity index (χ3n) is 5.69. The lowest BCUT2D eigenvalue weighted by molar-refractivity contribution is -0.238. The van der Waals surface area contributed by atoms with E-state index in [0.29, 0.717) is 6.42 Å². The highest BCUT2D eigenvalue weighted by Crippen LogP contribution is 2.49. The maximum atomic E-state index is 13.7. The van der Waals surface area contributed by atoms with Crippen molar-refractivity contribution >= 4 is 0 Å². The average Bonchev–Trinajstić information content (AvgIpc) is 2.39. The van der Waals surface area contributed by atoms with E-state index in [4.69, 9.17) is 6.42 Å². The summed E-state index contributed by atoms with van der Waals surface area (Å²) in [6.07, 6.45) is -3.41. The molecule has 0 atom stereocenters. The fraction of sp³-hybridized carbons (Fsp3) is 0.909. The first-order chi connectivity index (χ1) is 12.3. The van der Waals surface area contributed by atoms with E-state index < -0.39 is 46.2 Å². The average molecular weight is 430 g/mol. The largest absolute Gasteiger partial charge is 0.395 e. The molecule has 0 unspecified atom stereocenters. The summed E-state index contributed by atoms with van der Waals surface area (Å²) in [6.45, 7) is 14.1. The van der Waals surface area contributed by atoms with Gasteiger partial charge in [-0.1, -0.05) is 13.8 Å². The molecule has 1 nitrogen and oxygen atoms in total. The molecule has 0 aliphatic rings. The molecule has 0 aromatic heterocycles. The van der Waals surface area contributed by atoms with Gasteiger partial charge in [0.1, 0.15) is 0 Å². The Balaban J connectivity index is 6.34. The van der Waals surface area contributed by atoms with E-state index in [2.05, 4.69) is 5.92 Å². The van der Waals surface area contributed by atoms with Crippen molar-refractivity contribution in [2.75, 3.05) is 6.54 Å². The molecule has 0 aromatic rings. The minimum atomic E-state index is -4.50. The van der Waals surface area contributed by atoms with Gasteiger partial charge in [-0.2, -0.15) is 26.3 Å². The molecule has 0 aromatic carbocycles. The summed E-state index contributed by atoms with van der Waals surface area (Å²) in [7, 11) is 0. The van der Waals surface area contributed by atoms with E-state index in [9.17, 15) is 26.3 Å². The van der Waals surface area contributed by atoms with Gasteiger partial charge in [-0.15, -0.1) is 12.3 Å². The van der Waals surface area contributed by atoms with Crippen LogP contribution in [0.3, 0.4) is 0 Å². The van der Waals surface area contributed by atoms with E-state index >= 15 is 0 Å². The molecule has 0 rings (SSSR count). The predicted molar refractivity (Wildman–Crippen MR) is 106 cm³/mol. The van der Waals surface area contributed by atoms with E-state index in [1.165, 1.54) is 0 Å². The minimum absolute atomic E-state index is 0.334. The standard InChI is InChI=1S/C22H37F6N/c1-12-16(2,3)13-19(8,9)29(15-18(6,7)22(26,27)28)20(10,11)14-17(4,5)21(23,24)25/h1H,13-15H2,2-11H3. The van der Waals surface area contributed by atoms with Gasteiger partial charge in [-0.05, 0) is 68.2 Å². The van der Waals surface area contributed by atoms with E-state index in [0.717, 1.165) is 27.7 Å².